The monoisotopic (exact) mass is 308 g/mol. The van der Waals surface area contributed by atoms with Crippen LogP contribution < -0.4 is 4.57 Å². The van der Waals surface area contributed by atoms with Gasteiger partial charge in [0, 0.05) is 24.5 Å². The van der Waals surface area contributed by atoms with E-state index in [9.17, 15) is 5.26 Å². The molecule has 1 aromatic carbocycles. The number of hydrogen-bond donors (Lipinski definition) is 0. The van der Waals surface area contributed by atoms with Crippen molar-refractivity contribution in [1.82, 2.24) is 9.78 Å². The minimum absolute atomic E-state index is 0.600. The van der Waals surface area contributed by atoms with Gasteiger partial charge in [-0.2, -0.15) is 5.26 Å². The summed E-state index contributed by atoms with van der Waals surface area (Å²) in [6.45, 7) is 15.6. The highest BCUT2D eigenvalue weighted by Gasteiger charge is 2.30. The van der Waals surface area contributed by atoms with Crippen LogP contribution in [0.4, 0.5) is 0 Å². The first-order chi connectivity index (χ1) is 10.7. The average Bonchev–Trinajstić information content (AvgIpc) is 2.92. The summed E-state index contributed by atoms with van der Waals surface area (Å²) in [6, 6.07) is 8.40. The molecule has 23 heavy (non-hydrogen) atoms. The molecule has 2 rings (SSSR count). The van der Waals surface area contributed by atoms with Crippen molar-refractivity contribution in [3.63, 3.8) is 0 Å². The molecule has 0 bridgehead atoms. The van der Waals surface area contributed by atoms with E-state index in [0.717, 1.165) is 16.7 Å². The molecule has 0 spiro atoms. The predicted octanol–water partition coefficient (Wildman–Crippen LogP) is 2.71. The Kier molecular flexibility index (Phi) is 4.25. The Morgan fingerprint density at radius 3 is 2.43 bits per heavy atom. The van der Waals surface area contributed by atoms with Gasteiger partial charge in [0.2, 0.25) is 6.33 Å². The zero-order valence-corrected chi connectivity index (χ0v) is 14.3. The van der Waals surface area contributed by atoms with Gasteiger partial charge in [0.15, 0.2) is 0 Å². The van der Waals surface area contributed by atoms with Gasteiger partial charge in [-0.1, -0.05) is 6.07 Å². The average molecular weight is 308 g/mol. The fraction of sp³-hybridized carbons (Fsp3) is 0.444. The molecule has 0 aliphatic rings. The smallest absolute Gasteiger partial charge is 0.264 e. The second-order valence-electron chi connectivity index (χ2n) is 6.94. The van der Waals surface area contributed by atoms with Crippen LogP contribution in [0.15, 0.2) is 30.9 Å². The molecule has 1 aromatic heterocycles. The largest absolute Gasteiger partial charge is 0.306 e. The zero-order valence-electron chi connectivity index (χ0n) is 14.3. The van der Waals surface area contributed by atoms with Crippen molar-refractivity contribution < 1.29 is 4.57 Å². The van der Waals surface area contributed by atoms with Crippen LogP contribution in [-0.2, 0) is 24.5 Å². The van der Waals surface area contributed by atoms with Gasteiger partial charge in [-0.25, -0.2) is 11.1 Å². The number of rotatable bonds is 4. The Balaban J connectivity index is 2.54. The highest BCUT2D eigenvalue weighted by Crippen LogP contribution is 2.31. The molecular weight excluding hydrogens is 286 g/mol. The third-order valence-electron chi connectivity index (χ3n) is 4.02. The molecule has 0 aliphatic carbocycles. The first kappa shape index (κ1) is 16.7. The number of benzene rings is 1. The van der Waals surface area contributed by atoms with E-state index in [-0.39, 0.29) is 0 Å². The SMILES string of the molecule is [C-]#[N+]C(C)(C)c1cc(Cn2c[n+](C)cn2)cc(C(C)(C)C#N)c1. The second-order valence-corrected chi connectivity index (χ2v) is 6.94. The number of aromatic nitrogens is 3. The van der Waals surface area contributed by atoms with Crippen LogP contribution in [0.2, 0.25) is 0 Å². The van der Waals surface area contributed by atoms with E-state index in [1.165, 1.54) is 0 Å². The van der Waals surface area contributed by atoms with Gasteiger partial charge in [-0.05, 0) is 37.1 Å². The maximum absolute atomic E-state index is 9.45. The predicted molar refractivity (Wildman–Crippen MR) is 87.2 cm³/mol. The van der Waals surface area contributed by atoms with Crippen molar-refractivity contribution in [2.45, 2.75) is 45.2 Å². The topological polar surface area (TPSA) is 49.8 Å². The maximum atomic E-state index is 9.45. The summed E-state index contributed by atoms with van der Waals surface area (Å²) in [6.07, 6.45) is 3.65. The maximum Gasteiger partial charge on any atom is 0.264 e. The summed E-state index contributed by atoms with van der Waals surface area (Å²) in [5.74, 6) is 0. The number of hydrogen-bond acceptors (Lipinski definition) is 2. The Labute approximate surface area is 137 Å². The highest BCUT2D eigenvalue weighted by molar-refractivity contribution is 5.41. The van der Waals surface area contributed by atoms with E-state index in [2.05, 4.69) is 16.0 Å². The van der Waals surface area contributed by atoms with Gasteiger partial charge in [0.05, 0.1) is 18.5 Å². The third-order valence-corrected chi connectivity index (χ3v) is 4.02. The summed E-state index contributed by atoms with van der Waals surface area (Å²) in [7, 11) is 1.92. The van der Waals surface area contributed by atoms with Crippen molar-refractivity contribution in [3.05, 3.63) is 59.0 Å². The lowest BCUT2D eigenvalue weighted by molar-refractivity contribution is -0.672. The molecule has 2 aromatic rings. The summed E-state index contributed by atoms with van der Waals surface area (Å²) < 4.78 is 3.72. The lowest BCUT2D eigenvalue weighted by Crippen LogP contribution is -2.24. The first-order valence-corrected chi connectivity index (χ1v) is 7.50. The molecule has 0 saturated heterocycles. The fourth-order valence-corrected chi connectivity index (χ4v) is 2.31. The normalized spacial score (nSPS) is 11.8. The van der Waals surface area contributed by atoms with Crippen LogP contribution in [0, 0.1) is 17.9 Å². The second kappa shape index (κ2) is 5.85. The Hall–Kier alpha value is -2.66. The molecule has 0 aliphatic heterocycles. The van der Waals surface area contributed by atoms with Gasteiger partial charge < -0.3 is 4.85 Å². The summed E-state index contributed by atoms with van der Waals surface area (Å²) in [4.78, 5) is 3.73. The first-order valence-electron chi connectivity index (χ1n) is 7.50. The van der Waals surface area contributed by atoms with Crippen LogP contribution in [0.1, 0.15) is 44.4 Å². The molecule has 0 N–H and O–H groups in total. The van der Waals surface area contributed by atoms with Gasteiger partial charge in [-0.3, -0.25) is 0 Å². The lowest BCUT2D eigenvalue weighted by Gasteiger charge is -2.20. The third kappa shape index (κ3) is 3.57. The van der Waals surface area contributed by atoms with E-state index in [1.807, 2.05) is 68.5 Å². The van der Waals surface area contributed by atoms with Crippen LogP contribution >= 0.6 is 0 Å². The molecule has 5 heteroatoms. The van der Waals surface area contributed by atoms with Crippen LogP contribution in [0.3, 0.4) is 0 Å². The van der Waals surface area contributed by atoms with Crippen molar-refractivity contribution >= 4 is 0 Å². The summed E-state index contributed by atoms with van der Waals surface area (Å²) in [5, 5.41) is 13.7. The van der Waals surface area contributed by atoms with Crippen molar-refractivity contribution in [2.24, 2.45) is 7.05 Å². The quantitative estimate of drug-likeness (QED) is 0.644. The molecule has 5 nitrogen and oxygen atoms in total. The van der Waals surface area contributed by atoms with Crippen LogP contribution in [0.5, 0.6) is 0 Å². The number of nitrogens with zero attached hydrogens (tertiary/aromatic N) is 5. The number of nitriles is 1. The fourth-order valence-electron chi connectivity index (χ4n) is 2.31. The Morgan fingerprint density at radius 2 is 1.91 bits per heavy atom. The van der Waals surface area contributed by atoms with E-state index in [4.69, 9.17) is 6.57 Å². The molecule has 0 saturated carbocycles. The van der Waals surface area contributed by atoms with Gasteiger partial charge in [0.1, 0.15) is 6.54 Å². The van der Waals surface area contributed by atoms with E-state index < -0.39 is 11.0 Å². The minimum Gasteiger partial charge on any atom is -0.306 e. The van der Waals surface area contributed by atoms with E-state index >= 15 is 0 Å². The minimum atomic E-state index is -0.620. The molecule has 0 radical (unpaired) electrons. The summed E-state index contributed by atoms with van der Waals surface area (Å²) >= 11 is 0. The van der Waals surface area contributed by atoms with Crippen molar-refractivity contribution in [2.75, 3.05) is 0 Å². The summed E-state index contributed by atoms with van der Waals surface area (Å²) in [5.41, 5.74) is 1.68. The molecular formula is C18H22N5+. The molecule has 0 amide bonds. The van der Waals surface area contributed by atoms with E-state index in [1.54, 1.807) is 6.33 Å². The molecule has 0 fully saturated rings. The van der Waals surface area contributed by atoms with Gasteiger partial charge >= 0.3 is 0 Å². The number of aryl methyl sites for hydroxylation is 1. The lowest BCUT2D eigenvalue weighted by atomic mass is 9.81. The molecule has 0 atom stereocenters. The Bertz CT molecular complexity index is 755. The molecule has 118 valence electrons. The Morgan fingerprint density at radius 1 is 1.26 bits per heavy atom. The van der Waals surface area contributed by atoms with Gasteiger partial charge in [-0.15, -0.1) is 4.68 Å². The van der Waals surface area contributed by atoms with E-state index in [0.29, 0.717) is 6.54 Å². The van der Waals surface area contributed by atoms with Crippen molar-refractivity contribution in [3.8, 4) is 6.07 Å². The molecule has 0 unspecified atom stereocenters. The highest BCUT2D eigenvalue weighted by atomic mass is 15.3. The van der Waals surface area contributed by atoms with Crippen LogP contribution in [-0.4, -0.2) is 9.78 Å². The van der Waals surface area contributed by atoms with Crippen molar-refractivity contribution in [1.29, 1.82) is 5.26 Å². The zero-order chi connectivity index (χ0) is 17.3. The molecule has 1 heterocycles. The van der Waals surface area contributed by atoms with Gasteiger partial charge in [0.25, 0.3) is 11.9 Å². The van der Waals surface area contributed by atoms with Crippen LogP contribution in [0.25, 0.3) is 4.85 Å². The standard InChI is InChI=1S/C18H22N5/c1-17(2,11-19)15-7-14(10-23-13-22(6)12-21-23)8-16(9-15)18(3,4)20-5/h7-9,12-13H,10H2,1-4,6H3/q+1.